The highest BCUT2D eigenvalue weighted by molar-refractivity contribution is 5.80. The number of anilines is 1. The lowest BCUT2D eigenvalue weighted by molar-refractivity contribution is -0.123. The Labute approximate surface area is 178 Å². The van der Waals surface area contributed by atoms with Crippen LogP contribution in [0.4, 0.5) is 5.95 Å². The van der Waals surface area contributed by atoms with Gasteiger partial charge in [0.15, 0.2) is 0 Å². The van der Waals surface area contributed by atoms with E-state index in [9.17, 15) is 4.79 Å². The van der Waals surface area contributed by atoms with Gasteiger partial charge >= 0.3 is 0 Å². The summed E-state index contributed by atoms with van der Waals surface area (Å²) in [6.07, 6.45) is 10.4. The molecule has 166 valence electrons. The molecule has 2 unspecified atom stereocenters. The van der Waals surface area contributed by atoms with E-state index in [2.05, 4.69) is 40.5 Å². The average Bonchev–Trinajstić information content (AvgIpc) is 2.76. The molecule has 0 radical (unpaired) electrons. The normalized spacial score (nSPS) is 23.0. The minimum absolute atomic E-state index is 0.0384. The van der Waals surface area contributed by atoms with Crippen LogP contribution in [0.3, 0.4) is 0 Å². The number of piperazine rings is 1. The number of ketones is 1. The van der Waals surface area contributed by atoms with Crippen molar-refractivity contribution in [1.82, 2.24) is 14.9 Å². The van der Waals surface area contributed by atoms with Crippen molar-refractivity contribution in [2.45, 2.75) is 98.3 Å². The summed E-state index contributed by atoms with van der Waals surface area (Å²) in [6.45, 7) is 14.4. The maximum absolute atomic E-state index is 11.2. The van der Waals surface area contributed by atoms with E-state index in [0.717, 1.165) is 38.3 Å². The highest BCUT2D eigenvalue weighted by Gasteiger charge is 2.32. The maximum Gasteiger partial charge on any atom is 0.226 e. The number of hydrogen-bond donors (Lipinski definition) is 1. The predicted molar refractivity (Wildman–Crippen MR) is 122 cm³/mol. The molecule has 0 spiro atoms. The first-order chi connectivity index (χ1) is 13.9. The number of aromatic nitrogens is 2. The summed E-state index contributed by atoms with van der Waals surface area (Å²) in [7, 11) is 0. The first-order valence-electron chi connectivity index (χ1n) is 11.5. The van der Waals surface area contributed by atoms with Gasteiger partial charge in [0.05, 0.1) is 6.17 Å². The first kappa shape index (κ1) is 25.5. The molecule has 6 nitrogen and oxygen atoms in total. The van der Waals surface area contributed by atoms with Crippen molar-refractivity contribution in [3.8, 4) is 0 Å². The van der Waals surface area contributed by atoms with Crippen molar-refractivity contribution in [3.05, 3.63) is 18.5 Å². The molecule has 1 saturated heterocycles. The molecule has 6 heteroatoms. The fourth-order valence-electron chi connectivity index (χ4n) is 4.06. The minimum Gasteiger partial charge on any atom is -0.320 e. The quantitative estimate of drug-likeness (QED) is 0.807. The number of nitrogens with zero attached hydrogens (tertiary/aromatic N) is 4. The second-order valence-corrected chi connectivity index (χ2v) is 8.07. The number of carbonyl (C=O) groups is 1. The molecule has 0 amide bonds. The predicted octanol–water partition coefficient (Wildman–Crippen LogP) is 4.25. The molecule has 2 atom stereocenters. The highest BCUT2D eigenvalue weighted by atomic mass is 16.1. The topological polar surface area (TPSA) is 75.3 Å². The molecule has 2 aliphatic rings. The molecular formula is C23H43N5O. The Kier molecular flexibility index (Phi) is 12.0. The van der Waals surface area contributed by atoms with Gasteiger partial charge in [0.25, 0.3) is 0 Å². The van der Waals surface area contributed by atoms with E-state index in [1.807, 2.05) is 26.8 Å². The first-order valence-corrected chi connectivity index (χ1v) is 11.5. The molecule has 1 aliphatic heterocycles. The number of Topliss-reactive ketones (excluding diaryl/α,β-unsaturated/α-hetero) is 1. The molecule has 2 heterocycles. The summed E-state index contributed by atoms with van der Waals surface area (Å²) in [5.74, 6) is 1.65. The summed E-state index contributed by atoms with van der Waals surface area (Å²) in [4.78, 5) is 24.3. The van der Waals surface area contributed by atoms with Crippen LogP contribution in [0, 0.1) is 5.92 Å². The van der Waals surface area contributed by atoms with Crippen LogP contribution in [-0.4, -0.2) is 52.0 Å². The van der Waals surface area contributed by atoms with Gasteiger partial charge in [-0.1, -0.05) is 40.0 Å². The second kappa shape index (κ2) is 13.6. The van der Waals surface area contributed by atoms with E-state index in [-0.39, 0.29) is 6.17 Å². The second-order valence-electron chi connectivity index (χ2n) is 8.07. The van der Waals surface area contributed by atoms with E-state index < -0.39 is 0 Å². The summed E-state index contributed by atoms with van der Waals surface area (Å²) < 4.78 is 0. The van der Waals surface area contributed by atoms with E-state index in [1.165, 1.54) is 19.3 Å². The van der Waals surface area contributed by atoms with Gasteiger partial charge in [-0.3, -0.25) is 9.69 Å². The fourth-order valence-corrected chi connectivity index (χ4v) is 4.06. The Balaban J connectivity index is 0.000000299. The van der Waals surface area contributed by atoms with E-state index in [4.69, 9.17) is 5.73 Å². The van der Waals surface area contributed by atoms with Crippen molar-refractivity contribution in [2.75, 3.05) is 18.0 Å². The third-order valence-electron chi connectivity index (χ3n) is 5.67. The average molecular weight is 406 g/mol. The molecular weight excluding hydrogens is 362 g/mol. The van der Waals surface area contributed by atoms with Crippen molar-refractivity contribution in [1.29, 1.82) is 0 Å². The fraction of sp³-hybridized carbons (Fsp3) is 0.783. The van der Waals surface area contributed by atoms with Gasteiger partial charge in [0.2, 0.25) is 5.95 Å². The van der Waals surface area contributed by atoms with Gasteiger partial charge in [0.1, 0.15) is 5.78 Å². The molecule has 0 bridgehead atoms. The van der Waals surface area contributed by atoms with E-state index in [1.54, 1.807) is 12.4 Å². The van der Waals surface area contributed by atoms with Crippen LogP contribution in [-0.2, 0) is 4.79 Å². The SMILES string of the molecule is CC.CC(C)N1CC(C)N(c2ncccn2)C(N)C1.CCC(=O)C1CCCCC1. The van der Waals surface area contributed by atoms with Gasteiger partial charge in [0, 0.05) is 49.9 Å². The van der Waals surface area contributed by atoms with Crippen LogP contribution >= 0.6 is 0 Å². The number of nitrogens with two attached hydrogens (primary N) is 1. The van der Waals surface area contributed by atoms with Crippen molar-refractivity contribution < 1.29 is 4.79 Å². The smallest absolute Gasteiger partial charge is 0.226 e. The molecule has 2 N–H and O–H groups in total. The largest absolute Gasteiger partial charge is 0.320 e. The summed E-state index contributed by atoms with van der Waals surface area (Å²) in [5.41, 5.74) is 6.23. The van der Waals surface area contributed by atoms with Crippen LogP contribution in [0.25, 0.3) is 0 Å². The zero-order valence-electron chi connectivity index (χ0n) is 19.5. The third-order valence-corrected chi connectivity index (χ3v) is 5.67. The third kappa shape index (κ3) is 8.01. The molecule has 0 aromatic carbocycles. The number of hydrogen-bond acceptors (Lipinski definition) is 6. The zero-order valence-corrected chi connectivity index (χ0v) is 19.5. The molecule has 1 aromatic rings. The van der Waals surface area contributed by atoms with Crippen LogP contribution < -0.4 is 10.6 Å². The Bertz CT molecular complexity index is 548. The highest BCUT2D eigenvalue weighted by Crippen LogP contribution is 2.25. The molecule has 29 heavy (non-hydrogen) atoms. The van der Waals surface area contributed by atoms with Crippen LogP contribution in [0.5, 0.6) is 0 Å². The van der Waals surface area contributed by atoms with E-state index >= 15 is 0 Å². The van der Waals surface area contributed by atoms with Gasteiger partial charge in [-0.25, -0.2) is 9.97 Å². The lowest BCUT2D eigenvalue weighted by atomic mass is 9.85. The van der Waals surface area contributed by atoms with Crippen molar-refractivity contribution >= 4 is 11.7 Å². The summed E-state index contributed by atoms with van der Waals surface area (Å²) in [5, 5.41) is 0. The Morgan fingerprint density at radius 3 is 2.21 bits per heavy atom. The molecule has 1 saturated carbocycles. The van der Waals surface area contributed by atoms with E-state index in [0.29, 0.717) is 23.8 Å². The Morgan fingerprint density at radius 1 is 1.14 bits per heavy atom. The number of rotatable bonds is 4. The van der Waals surface area contributed by atoms with Crippen molar-refractivity contribution in [2.24, 2.45) is 11.7 Å². The van der Waals surface area contributed by atoms with Gasteiger partial charge in [-0.15, -0.1) is 0 Å². The Hall–Kier alpha value is -1.53. The van der Waals surface area contributed by atoms with Crippen LogP contribution in [0.1, 0.15) is 80.1 Å². The van der Waals surface area contributed by atoms with Gasteiger partial charge in [-0.05, 0) is 39.7 Å². The molecule has 1 aromatic heterocycles. The monoisotopic (exact) mass is 405 g/mol. The maximum atomic E-state index is 11.2. The number of carbonyl (C=O) groups excluding carboxylic acids is 1. The minimum atomic E-state index is -0.0384. The van der Waals surface area contributed by atoms with Crippen molar-refractivity contribution in [3.63, 3.8) is 0 Å². The van der Waals surface area contributed by atoms with Gasteiger partial charge in [-0.2, -0.15) is 0 Å². The Morgan fingerprint density at radius 2 is 1.72 bits per heavy atom. The molecule has 1 aliphatic carbocycles. The molecule has 2 fully saturated rings. The van der Waals surface area contributed by atoms with Gasteiger partial charge < -0.3 is 10.6 Å². The summed E-state index contributed by atoms with van der Waals surface area (Å²) in [6, 6.07) is 2.69. The van der Waals surface area contributed by atoms with Crippen LogP contribution in [0.2, 0.25) is 0 Å². The lowest BCUT2D eigenvalue weighted by Crippen LogP contribution is -2.63. The molecule has 3 rings (SSSR count). The zero-order chi connectivity index (χ0) is 21.8. The summed E-state index contributed by atoms with van der Waals surface area (Å²) >= 11 is 0. The lowest BCUT2D eigenvalue weighted by Gasteiger charge is -2.45. The standard InChI is InChI=1S/C12H21N5.C9H16O.C2H6/c1-9(2)16-7-10(3)17(11(13)8-16)12-14-5-4-6-15-12;1-2-9(10)8-6-4-3-5-7-8;1-2/h4-6,9-11H,7-8,13H2,1-3H3;8H,2-7H2,1H3;1-2H3. The van der Waals surface area contributed by atoms with Crippen LogP contribution in [0.15, 0.2) is 18.5 Å².